The van der Waals surface area contributed by atoms with Crippen LogP contribution in [0.1, 0.15) is 19.8 Å². The minimum Gasteiger partial charge on any atom is -0.341 e. The molecule has 2 fully saturated rings. The number of rotatable bonds is 3. The molecule has 1 atom stereocenters. The van der Waals surface area contributed by atoms with Gasteiger partial charge in [-0.25, -0.2) is 0 Å². The Morgan fingerprint density at radius 3 is 2.80 bits per heavy atom. The number of hydrogen-bond donors (Lipinski definition) is 0. The van der Waals surface area contributed by atoms with Crippen LogP contribution in [0.2, 0.25) is 0 Å². The predicted octanol–water partition coefficient (Wildman–Crippen LogP) is -0.253. The van der Waals surface area contributed by atoms with Gasteiger partial charge in [0.1, 0.15) is 0 Å². The van der Waals surface area contributed by atoms with Crippen molar-refractivity contribution in [2.75, 3.05) is 19.6 Å². The smallest absolute Gasteiger partial charge is 0.229 e. The number of hydrogen-bond acceptors (Lipinski definition) is 4. The zero-order valence-corrected chi connectivity index (χ0v) is 11.6. The van der Waals surface area contributed by atoms with Crippen LogP contribution in [0.3, 0.4) is 0 Å². The topological polar surface area (TPSA) is 71.3 Å². The first-order valence-corrected chi connectivity index (χ1v) is 7.05. The summed E-state index contributed by atoms with van der Waals surface area (Å²) in [7, 11) is 0. The van der Waals surface area contributed by atoms with E-state index in [0.717, 1.165) is 19.4 Å². The zero-order chi connectivity index (χ0) is 14.1. The van der Waals surface area contributed by atoms with E-state index in [9.17, 15) is 9.59 Å². The quantitative estimate of drug-likeness (QED) is 0.763. The van der Waals surface area contributed by atoms with E-state index in [1.807, 2.05) is 11.1 Å². The lowest BCUT2D eigenvalue weighted by Gasteiger charge is -2.40. The van der Waals surface area contributed by atoms with E-state index >= 15 is 0 Å². The Kier molecular flexibility index (Phi) is 3.42. The van der Waals surface area contributed by atoms with Crippen LogP contribution >= 0.6 is 0 Å². The summed E-state index contributed by atoms with van der Waals surface area (Å²) in [4.78, 5) is 27.3. The SMILES string of the molecule is CC(=O)N1CC(C(=O)N2CCC[C@H]2Cn2ccnn2)C1. The molecule has 1 aromatic rings. The van der Waals surface area contributed by atoms with Crippen molar-refractivity contribution in [1.82, 2.24) is 24.8 Å². The monoisotopic (exact) mass is 277 g/mol. The van der Waals surface area contributed by atoms with Gasteiger partial charge in [0.25, 0.3) is 0 Å². The minimum atomic E-state index is -0.0183. The highest BCUT2D eigenvalue weighted by Crippen LogP contribution is 2.25. The maximum Gasteiger partial charge on any atom is 0.229 e. The van der Waals surface area contributed by atoms with Gasteiger partial charge in [0.2, 0.25) is 11.8 Å². The third kappa shape index (κ3) is 2.39. The lowest BCUT2D eigenvalue weighted by molar-refractivity contribution is -0.148. The highest BCUT2D eigenvalue weighted by molar-refractivity contribution is 5.84. The molecule has 0 N–H and O–H groups in total. The molecule has 1 aromatic heterocycles. The van der Waals surface area contributed by atoms with E-state index in [2.05, 4.69) is 10.3 Å². The van der Waals surface area contributed by atoms with Gasteiger partial charge in [-0.1, -0.05) is 5.21 Å². The van der Waals surface area contributed by atoms with E-state index in [4.69, 9.17) is 0 Å². The first kappa shape index (κ1) is 13.1. The molecular formula is C13H19N5O2. The Labute approximate surface area is 117 Å². The van der Waals surface area contributed by atoms with E-state index < -0.39 is 0 Å². The molecule has 7 nitrogen and oxygen atoms in total. The molecule has 7 heteroatoms. The second kappa shape index (κ2) is 5.22. The fraction of sp³-hybridized carbons (Fsp3) is 0.692. The number of nitrogens with zero attached hydrogens (tertiary/aromatic N) is 5. The summed E-state index contributed by atoms with van der Waals surface area (Å²) in [6.07, 6.45) is 5.52. The molecule has 0 radical (unpaired) electrons. The zero-order valence-electron chi connectivity index (χ0n) is 11.6. The summed E-state index contributed by atoms with van der Waals surface area (Å²) >= 11 is 0. The Bertz CT molecular complexity index is 495. The summed E-state index contributed by atoms with van der Waals surface area (Å²) in [6.45, 7) is 4.20. The van der Waals surface area contributed by atoms with Crippen LogP contribution in [-0.2, 0) is 16.1 Å². The average molecular weight is 277 g/mol. The Hall–Kier alpha value is -1.92. The number of amides is 2. The van der Waals surface area contributed by atoms with Gasteiger partial charge in [0, 0.05) is 32.8 Å². The molecule has 0 unspecified atom stereocenters. The van der Waals surface area contributed by atoms with E-state index in [-0.39, 0.29) is 23.8 Å². The Balaban J connectivity index is 1.58. The second-order valence-corrected chi connectivity index (χ2v) is 5.57. The summed E-state index contributed by atoms with van der Waals surface area (Å²) in [5, 5.41) is 7.75. The van der Waals surface area contributed by atoms with Gasteiger partial charge in [-0.2, -0.15) is 0 Å². The molecule has 0 bridgehead atoms. The predicted molar refractivity (Wildman–Crippen MR) is 70.5 cm³/mol. The number of carbonyl (C=O) groups is 2. The molecule has 2 aliphatic heterocycles. The fourth-order valence-corrected chi connectivity index (χ4v) is 2.99. The maximum absolute atomic E-state index is 12.5. The van der Waals surface area contributed by atoms with E-state index in [1.165, 1.54) is 0 Å². The van der Waals surface area contributed by atoms with Crippen LogP contribution in [-0.4, -0.2) is 62.3 Å². The molecule has 2 saturated heterocycles. The van der Waals surface area contributed by atoms with Crippen molar-refractivity contribution in [3.63, 3.8) is 0 Å². The molecule has 0 aliphatic carbocycles. The average Bonchev–Trinajstić information content (AvgIpc) is 2.98. The standard InChI is InChI=1S/C13H19N5O2/c1-10(19)16-7-11(8-16)13(20)18-5-2-3-12(18)9-17-6-4-14-15-17/h4,6,11-12H,2-3,5,7-9H2,1H3/t12-/m0/s1. The molecule has 108 valence electrons. The van der Waals surface area contributed by atoms with Gasteiger partial charge < -0.3 is 9.80 Å². The normalized spacial score (nSPS) is 22.9. The number of likely N-dealkylation sites (tertiary alicyclic amines) is 2. The second-order valence-electron chi connectivity index (χ2n) is 5.57. The van der Waals surface area contributed by atoms with Gasteiger partial charge in [0.15, 0.2) is 0 Å². The summed E-state index contributed by atoms with van der Waals surface area (Å²) in [6, 6.07) is 0.204. The summed E-state index contributed by atoms with van der Waals surface area (Å²) in [5.74, 6) is 0.218. The molecule has 20 heavy (non-hydrogen) atoms. The molecule has 3 heterocycles. The van der Waals surface area contributed by atoms with Gasteiger partial charge in [0.05, 0.1) is 24.7 Å². The molecule has 0 saturated carbocycles. The first-order chi connectivity index (χ1) is 9.65. The minimum absolute atomic E-state index is 0.0183. The lowest BCUT2D eigenvalue weighted by atomic mass is 9.98. The van der Waals surface area contributed by atoms with Gasteiger partial charge in [-0.3, -0.25) is 14.3 Å². The number of aromatic nitrogens is 3. The van der Waals surface area contributed by atoms with Gasteiger partial charge in [-0.05, 0) is 12.8 Å². The molecule has 2 aliphatic rings. The van der Waals surface area contributed by atoms with Crippen molar-refractivity contribution < 1.29 is 9.59 Å². The number of carbonyl (C=O) groups excluding carboxylic acids is 2. The lowest BCUT2D eigenvalue weighted by Crippen LogP contribution is -2.56. The van der Waals surface area contributed by atoms with E-state index in [1.54, 1.807) is 22.7 Å². The highest BCUT2D eigenvalue weighted by atomic mass is 16.2. The third-order valence-corrected chi connectivity index (χ3v) is 4.21. The fourth-order valence-electron chi connectivity index (χ4n) is 2.99. The Morgan fingerprint density at radius 1 is 1.35 bits per heavy atom. The van der Waals surface area contributed by atoms with Crippen molar-refractivity contribution in [2.45, 2.75) is 32.4 Å². The van der Waals surface area contributed by atoms with Crippen molar-refractivity contribution >= 4 is 11.8 Å². The van der Waals surface area contributed by atoms with Gasteiger partial charge in [-0.15, -0.1) is 5.10 Å². The summed E-state index contributed by atoms with van der Waals surface area (Å²) < 4.78 is 1.78. The Morgan fingerprint density at radius 2 is 2.15 bits per heavy atom. The van der Waals surface area contributed by atoms with Crippen LogP contribution in [0.25, 0.3) is 0 Å². The molecule has 0 aromatic carbocycles. The van der Waals surface area contributed by atoms with Crippen molar-refractivity contribution in [3.05, 3.63) is 12.4 Å². The molecule has 3 rings (SSSR count). The molecule has 2 amide bonds. The van der Waals surface area contributed by atoms with Crippen molar-refractivity contribution in [2.24, 2.45) is 5.92 Å². The summed E-state index contributed by atoms with van der Waals surface area (Å²) in [5.41, 5.74) is 0. The largest absolute Gasteiger partial charge is 0.341 e. The third-order valence-electron chi connectivity index (χ3n) is 4.21. The van der Waals surface area contributed by atoms with Crippen LogP contribution in [0, 0.1) is 5.92 Å². The van der Waals surface area contributed by atoms with Crippen molar-refractivity contribution in [3.8, 4) is 0 Å². The van der Waals surface area contributed by atoms with Crippen LogP contribution in [0.5, 0.6) is 0 Å². The maximum atomic E-state index is 12.5. The highest BCUT2D eigenvalue weighted by Gasteiger charge is 2.40. The van der Waals surface area contributed by atoms with Crippen molar-refractivity contribution in [1.29, 1.82) is 0 Å². The molecular weight excluding hydrogens is 258 g/mol. The van der Waals surface area contributed by atoms with Gasteiger partial charge >= 0.3 is 0 Å². The van der Waals surface area contributed by atoms with Crippen LogP contribution in [0.15, 0.2) is 12.4 Å². The first-order valence-electron chi connectivity index (χ1n) is 7.05. The van der Waals surface area contributed by atoms with Crippen LogP contribution < -0.4 is 0 Å². The van der Waals surface area contributed by atoms with E-state index in [0.29, 0.717) is 19.6 Å². The van der Waals surface area contributed by atoms with Crippen LogP contribution in [0.4, 0.5) is 0 Å². The molecule has 0 spiro atoms.